The average molecular weight is 390 g/mol. The molecule has 2 aromatic rings. The molecule has 2 aliphatic rings. The van der Waals surface area contributed by atoms with Gasteiger partial charge in [-0.05, 0) is 37.9 Å². The van der Waals surface area contributed by atoms with Gasteiger partial charge in [-0.15, -0.1) is 0 Å². The van der Waals surface area contributed by atoms with Gasteiger partial charge < -0.3 is 0 Å². The molecule has 1 aliphatic carbocycles. The zero-order valence-electron chi connectivity index (χ0n) is 17.6. The number of benzene rings is 2. The molecule has 0 unspecified atom stereocenters. The SMILES string of the molecule is Cc1ccc([C@@H]2CC(c3ccccc3)=NN2C(=O)CN(C)C2CCCCC2)cc1. The lowest BCUT2D eigenvalue weighted by molar-refractivity contribution is -0.134. The first-order valence-corrected chi connectivity index (χ1v) is 10.8. The van der Waals surface area contributed by atoms with Crippen LogP contribution < -0.4 is 0 Å². The number of hydrogen-bond donors (Lipinski definition) is 0. The van der Waals surface area contributed by atoms with Gasteiger partial charge >= 0.3 is 0 Å². The van der Waals surface area contributed by atoms with Crippen LogP contribution in [0.15, 0.2) is 59.7 Å². The summed E-state index contributed by atoms with van der Waals surface area (Å²) in [6.07, 6.45) is 7.02. The fraction of sp³-hybridized carbons (Fsp3) is 0.440. The molecule has 29 heavy (non-hydrogen) atoms. The number of hydrogen-bond acceptors (Lipinski definition) is 3. The van der Waals surface area contributed by atoms with Crippen LogP contribution in [0.5, 0.6) is 0 Å². The summed E-state index contributed by atoms with van der Waals surface area (Å²) in [6, 6.07) is 19.2. The molecule has 0 spiro atoms. The minimum absolute atomic E-state index is 0.0296. The second-order valence-electron chi connectivity index (χ2n) is 8.49. The molecule has 1 amide bonds. The van der Waals surface area contributed by atoms with E-state index < -0.39 is 0 Å². The molecule has 152 valence electrons. The van der Waals surface area contributed by atoms with Gasteiger partial charge in [0.1, 0.15) is 0 Å². The molecule has 4 heteroatoms. The zero-order chi connectivity index (χ0) is 20.2. The van der Waals surface area contributed by atoms with Crippen molar-refractivity contribution in [3.8, 4) is 0 Å². The van der Waals surface area contributed by atoms with Crippen molar-refractivity contribution in [2.45, 2.75) is 57.5 Å². The minimum atomic E-state index is -0.0296. The summed E-state index contributed by atoms with van der Waals surface area (Å²) in [5.74, 6) is 0.0922. The number of rotatable bonds is 5. The van der Waals surface area contributed by atoms with E-state index in [-0.39, 0.29) is 11.9 Å². The molecule has 0 saturated heterocycles. The third-order valence-corrected chi connectivity index (χ3v) is 6.32. The Kier molecular flexibility index (Phi) is 6.10. The molecule has 1 saturated carbocycles. The number of aryl methyl sites for hydroxylation is 1. The van der Waals surface area contributed by atoms with Crippen LogP contribution in [0.4, 0.5) is 0 Å². The standard InChI is InChI=1S/C25H31N3O/c1-19-13-15-21(16-14-19)24-17-23(20-9-5-3-6-10-20)26-28(24)25(29)18-27(2)22-11-7-4-8-12-22/h3,5-6,9-10,13-16,22,24H,4,7-8,11-12,17-18H2,1-2H3/t24-/m0/s1. The maximum Gasteiger partial charge on any atom is 0.257 e. The summed E-state index contributed by atoms with van der Waals surface area (Å²) < 4.78 is 0. The van der Waals surface area contributed by atoms with Crippen LogP contribution in [-0.2, 0) is 4.79 Å². The van der Waals surface area contributed by atoms with Crippen LogP contribution >= 0.6 is 0 Å². The topological polar surface area (TPSA) is 35.9 Å². The lowest BCUT2D eigenvalue weighted by Gasteiger charge is -2.32. The van der Waals surface area contributed by atoms with Gasteiger partial charge in [-0.25, -0.2) is 5.01 Å². The number of carbonyl (C=O) groups is 1. The molecule has 1 aliphatic heterocycles. The smallest absolute Gasteiger partial charge is 0.257 e. The first-order valence-electron chi connectivity index (χ1n) is 10.8. The summed E-state index contributed by atoms with van der Waals surface area (Å²) >= 11 is 0. The highest BCUT2D eigenvalue weighted by Crippen LogP contribution is 2.33. The van der Waals surface area contributed by atoms with Crippen LogP contribution in [0.1, 0.15) is 61.3 Å². The summed E-state index contributed by atoms with van der Waals surface area (Å²) in [7, 11) is 2.09. The Hall–Kier alpha value is -2.46. The van der Waals surface area contributed by atoms with Crippen molar-refractivity contribution in [2.24, 2.45) is 5.10 Å². The normalized spacial score (nSPS) is 20.2. The maximum absolute atomic E-state index is 13.3. The van der Waals surface area contributed by atoms with Crippen molar-refractivity contribution in [3.05, 3.63) is 71.3 Å². The van der Waals surface area contributed by atoms with E-state index in [4.69, 9.17) is 5.10 Å². The van der Waals surface area contributed by atoms with Crippen molar-refractivity contribution < 1.29 is 4.79 Å². The van der Waals surface area contributed by atoms with Crippen LogP contribution in [0.25, 0.3) is 0 Å². The Morgan fingerprint density at radius 3 is 2.41 bits per heavy atom. The molecule has 2 aromatic carbocycles. The fourth-order valence-corrected chi connectivity index (χ4v) is 4.53. The van der Waals surface area contributed by atoms with E-state index in [2.05, 4.69) is 55.3 Å². The Morgan fingerprint density at radius 2 is 1.72 bits per heavy atom. The quantitative estimate of drug-likeness (QED) is 0.726. The molecule has 1 atom stereocenters. The molecular weight excluding hydrogens is 358 g/mol. The minimum Gasteiger partial charge on any atom is -0.295 e. The van der Waals surface area contributed by atoms with E-state index in [1.165, 1.54) is 37.7 Å². The third kappa shape index (κ3) is 4.59. The van der Waals surface area contributed by atoms with Crippen molar-refractivity contribution in [1.29, 1.82) is 0 Å². The van der Waals surface area contributed by atoms with Crippen LogP contribution in [0.2, 0.25) is 0 Å². The molecule has 1 fully saturated rings. The molecule has 0 N–H and O–H groups in total. The van der Waals surface area contributed by atoms with Crippen molar-refractivity contribution in [3.63, 3.8) is 0 Å². The summed E-state index contributed by atoms with van der Waals surface area (Å²) in [5, 5.41) is 6.55. The van der Waals surface area contributed by atoms with E-state index in [0.29, 0.717) is 12.6 Å². The van der Waals surface area contributed by atoms with E-state index in [1.807, 2.05) is 18.2 Å². The maximum atomic E-state index is 13.3. The van der Waals surface area contributed by atoms with Crippen molar-refractivity contribution >= 4 is 11.6 Å². The van der Waals surface area contributed by atoms with Gasteiger partial charge in [0.2, 0.25) is 0 Å². The Balaban J connectivity index is 1.56. The van der Waals surface area contributed by atoms with E-state index in [1.54, 1.807) is 5.01 Å². The second-order valence-corrected chi connectivity index (χ2v) is 8.49. The van der Waals surface area contributed by atoms with Gasteiger partial charge in [-0.2, -0.15) is 5.10 Å². The first-order chi connectivity index (χ1) is 14.1. The highest BCUT2D eigenvalue weighted by molar-refractivity contribution is 6.03. The van der Waals surface area contributed by atoms with Gasteiger partial charge in [-0.1, -0.05) is 79.4 Å². The van der Waals surface area contributed by atoms with Gasteiger partial charge in [0, 0.05) is 12.5 Å². The van der Waals surface area contributed by atoms with Gasteiger partial charge in [0.05, 0.1) is 18.3 Å². The highest BCUT2D eigenvalue weighted by atomic mass is 16.2. The fourth-order valence-electron chi connectivity index (χ4n) is 4.53. The third-order valence-electron chi connectivity index (χ3n) is 6.32. The van der Waals surface area contributed by atoms with E-state index >= 15 is 0 Å². The largest absolute Gasteiger partial charge is 0.295 e. The zero-order valence-corrected chi connectivity index (χ0v) is 17.6. The van der Waals surface area contributed by atoms with Crippen LogP contribution in [0.3, 0.4) is 0 Å². The molecular formula is C25H31N3O. The number of nitrogens with zero attached hydrogens (tertiary/aromatic N) is 3. The number of likely N-dealkylation sites (N-methyl/N-ethyl adjacent to an activating group) is 1. The molecule has 4 nitrogen and oxygen atoms in total. The Morgan fingerprint density at radius 1 is 1.03 bits per heavy atom. The predicted molar refractivity (Wildman–Crippen MR) is 118 cm³/mol. The molecule has 0 bridgehead atoms. The number of amides is 1. The first kappa shape index (κ1) is 19.8. The summed E-state index contributed by atoms with van der Waals surface area (Å²) in [4.78, 5) is 15.5. The van der Waals surface area contributed by atoms with E-state index in [9.17, 15) is 4.79 Å². The number of carbonyl (C=O) groups excluding carboxylic acids is 1. The van der Waals surface area contributed by atoms with Crippen LogP contribution in [-0.4, -0.2) is 41.2 Å². The Labute approximate surface area is 174 Å². The predicted octanol–water partition coefficient (Wildman–Crippen LogP) is 4.94. The molecule has 4 rings (SSSR count). The highest BCUT2D eigenvalue weighted by Gasteiger charge is 2.34. The van der Waals surface area contributed by atoms with Gasteiger partial charge in [0.15, 0.2) is 0 Å². The van der Waals surface area contributed by atoms with Gasteiger partial charge in [-0.3, -0.25) is 9.69 Å². The van der Waals surface area contributed by atoms with Crippen molar-refractivity contribution in [2.75, 3.05) is 13.6 Å². The summed E-state index contributed by atoms with van der Waals surface area (Å²) in [6.45, 7) is 2.52. The number of hydrazone groups is 1. The molecule has 1 heterocycles. The molecule has 0 aromatic heterocycles. The lowest BCUT2D eigenvalue weighted by atomic mass is 9.94. The van der Waals surface area contributed by atoms with Crippen molar-refractivity contribution in [1.82, 2.24) is 9.91 Å². The lowest BCUT2D eigenvalue weighted by Crippen LogP contribution is -2.41. The average Bonchev–Trinajstić information content (AvgIpc) is 3.21. The van der Waals surface area contributed by atoms with E-state index in [0.717, 1.165) is 23.3 Å². The second kappa shape index (κ2) is 8.91. The van der Waals surface area contributed by atoms with Gasteiger partial charge in [0.25, 0.3) is 5.91 Å². The molecule has 0 radical (unpaired) electrons. The Bertz CT molecular complexity index is 853. The summed E-state index contributed by atoms with van der Waals surface area (Å²) in [5.41, 5.74) is 4.47. The van der Waals surface area contributed by atoms with Crippen LogP contribution in [0, 0.1) is 6.92 Å². The monoisotopic (exact) mass is 389 g/mol.